The van der Waals surface area contributed by atoms with Crippen LogP contribution in [0.1, 0.15) is 18.1 Å². The first kappa shape index (κ1) is 15.1. The van der Waals surface area contributed by atoms with E-state index in [9.17, 15) is 14.7 Å². The minimum atomic E-state index is -1.32. The summed E-state index contributed by atoms with van der Waals surface area (Å²) < 4.78 is 5.39. The highest BCUT2D eigenvalue weighted by Crippen LogP contribution is 2.26. The van der Waals surface area contributed by atoms with Gasteiger partial charge >= 0.3 is 5.97 Å². The normalized spacial score (nSPS) is 16.1. The van der Waals surface area contributed by atoms with Crippen molar-refractivity contribution in [2.24, 2.45) is 0 Å². The fourth-order valence-electron chi connectivity index (χ4n) is 2.07. The third-order valence-electron chi connectivity index (χ3n) is 3.19. The number of aliphatic hydroxyl groups excluding tert-OH is 1. The largest absolute Gasteiger partial charge is 0.493 e. The van der Waals surface area contributed by atoms with Crippen LogP contribution >= 0.6 is 0 Å². The lowest BCUT2D eigenvalue weighted by Crippen LogP contribution is -2.47. The SMILES string of the molecule is CC(O)C(NC(=O)/C=C/c1ccc2c(c1)CCO2)C(=O)O. The average Bonchev–Trinajstić information content (AvgIpc) is 2.89. The smallest absolute Gasteiger partial charge is 0.328 e. The van der Waals surface area contributed by atoms with E-state index in [1.54, 1.807) is 6.08 Å². The molecule has 0 saturated carbocycles. The van der Waals surface area contributed by atoms with Gasteiger partial charge in [-0.2, -0.15) is 0 Å². The molecule has 1 aliphatic heterocycles. The molecule has 6 nitrogen and oxygen atoms in total. The summed E-state index contributed by atoms with van der Waals surface area (Å²) in [4.78, 5) is 22.5. The number of nitrogens with one attached hydrogen (secondary N) is 1. The van der Waals surface area contributed by atoms with Crippen molar-refractivity contribution in [1.82, 2.24) is 5.32 Å². The molecule has 21 heavy (non-hydrogen) atoms. The number of fused-ring (bicyclic) bond motifs is 1. The zero-order valence-corrected chi connectivity index (χ0v) is 11.6. The van der Waals surface area contributed by atoms with Gasteiger partial charge in [-0.05, 0) is 36.3 Å². The zero-order valence-electron chi connectivity index (χ0n) is 11.6. The first-order valence-corrected chi connectivity index (χ1v) is 6.62. The maximum absolute atomic E-state index is 11.7. The van der Waals surface area contributed by atoms with Crippen molar-refractivity contribution in [2.45, 2.75) is 25.5 Å². The van der Waals surface area contributed by atoms with Crippen LogP contribution in [0.25, 0.3) is 6.08 Å². The Morgan fingerprint density at radius 3 is 2.86 bits per heavy atom. The number of hydrogen-bond acceptors (Lipinski definition) is 4. The predicted octanol–water partition coefficient (Wildman–Crippen LogP) is 0.585. The number of aliphatic hydroxyl groups is 1. The Bertz CT molecular complexity index is 579. The van der Waals surface area contributed by atoms with E-state index in [4.69, 9.17) is 9.84 Å². The lowest BCUT2D eigenvalue weighted by Gasteiger charge is -2.15. The molecular formula is C15H17NO5. The van der Waals surface area contributed by atoms with Crippen molar-refractivity contribution < 1.29 is 24.5 Å². The van der Waals surface area contributed by atoms with E-state index in [0.29, 0.717) is 6.61 Å². The van der Waals surface area contributed by atoms with Crippen LogP contribution in [0.2, 0.25) is 0 Å². The van der Waals surface area contributed by atoms with Crippen molar-refractivity contribution in [2.75, 3.05) is 6.61 Å². The van der Waals surface area contributed by atoms with Gasteiger partial charge < -0.3 is 20.3 Å². The van der Waals surface area contributed by atoms with Gasteiger partial charge in [0.25, 0.3) is 0 Å². The Balaban J connectivity index is 2.00. The molecule has 0 aliphatic carbocycles. The number of amides is 1. The topological polar surface area (TPSA) is 95.9 Å². The molecule has 0 bridgehead atoms. The van der Waals surface area contributed by atoms with Crippen molar-refractivity contribution in [3.63, 3.8) is 0 Å². The number of carbonyl (C=O) groups excluding carboxylic acids is 1. The first-order chi connectivity index (χ1) is 9.97. The molecule has 0 aromatic heterocycles. The third-order valence-corrected chi connectivity index (χ3v) is 3.19. The molecule has 1 aromatic rings. The lowest BCUT2D eigenvalue weighted by molar-refractivity contribution is -0.144. The molecule has 0 fully saturated rings. The van der Waals surface area contributed by atoms with Gasteiger partial charge in [-0.25, -0.2) is 4.79 Å². The Labute approximate surface area is 122 Å². The van der Waals surface area contributed by atoms with Gasteiger partial charge in [0.15, 0.2) is 6.04 Å². The molecule has 2 atom stereocenters. The van der Waals surface area contributed by atoms with E-state index in [1.807, 2.05) is 18.2 Å². The van der Waals surface area contributed by atoms with Crippen molar-refractivity contribution in [3.05, 3.63) is 35.4 Å². The summed E-state index contributed by atoms with van der Waals surface area (Å²) in [7, 11) is 0. The van der Waals surface area contributed by atoms with Gasteiger partial charge in [-0.15, -0.1) is 0 Å². The summed E-state index contributed by atoms with van der Waals surface area (Å²) in [6, 6.07) is 4.26. The first-order valence-electron chi connectivity index (χ1n) is 6.62. The summed E-state index contributed by atoms with van der Waals surface area (Å²) >= 11 is 0. The second-order valence-electron chi connectivity index (χ2n) is 4.86. The Hall–Kier alpha value is -2.34. The Morgan fingerprint density at radius 1 is 1.43 bits per heavy atom. The number of carboxylic acid groups (broad SMARTS) is 1. The molecule has 1 aromatic carbocycles. The Kier molecular flexibility index (Phi) is 4.59. The second-order valence-corrected chi connectivity index (χ2v) is 4.86. The monoisotopic (exact) mass is 291 g/mol. The highest BCUT2D eigenvalue weighted by atomic mass is 16.5. The van der Waals surface area contributed by atoms with E-state index in [1.165, 1.54) is 13.0 Å². The van der Waals surface area contributed by atoms with Crippen LogP contribution in [0.15, 0.2) is 24.3 Å². The highest BCUT2D eigenvalue weighted by molar-refractivity contribution is 5.94. The van der Waals surface area contributed by atoms with Gasteiger partial charge in [0.2, 0.25) is 5.91 Å². The van der Waals surface area contributed by atoms with Crippen LogP contribution in [-0.4, -0.2) is 40.8 Å². The van der Waals surface area contributed by atoms with Gasteiger partial charge in [-0.1, -0.05) is 6.07 Å². The molecule has 0 saturated heterocycles. The summed E-state index contributed by atoms with van der Waals surface area (Å²) in [6.45, 7) is 1.97. The van der Waals surface area contributed by atoms with Gasteiger partial charge in [0, 0.05) is 12.5 Å². The van der Waals surface area contributed by atoms with Crippen LogP contribution in [0.4, 0.5) is 0 Å². The van der Waals surface area contributed by atoms with Crippen LogP contribution in [0.3, 0.4) is 0 Å². The summed E-state index contributed by atoms with van der Waals surface area (Å²) in [5.74, 6) is -0.988. The van der Waals surface area contributed by atoms with Gasteiger partial charge in [0.05, 0.1) is 12.7 Å². The van der Waals surface area contributed by atoms with E-state index >= 15 is 0 Å². The molecule has 0 radical (unpaired) electrons. The maximum atomic E-state index is 11.7. The summed E-state index contributed by atoms with van der Waals surface area (Å²) in [5, 5.41) is 20.4. The van der Waals surface area contributed by atoms with Crippen LogP contribution < -0.4 is 10.1 Å². The summed E-state index contributed by atoms with van der Waals surface area (Å²) in [5.41, 5.74) is 1.92. The molecule has 1 aliphatic rings. The van der Waals surface area contributed by atoms with Crippen LogP contribution in [0.5, 0.6) is 5.75 Å². The van der Waals surface area contributed by atoms with Crippen molar-refractivity contribution in [3.8, 4) is 5.75 Å². The number of ether oxygens (including phenoxy) is 1. The summed E-state index contributed by atoms with van der Waals surface area (Å²) in [6.07, 6.45) is 2.51. The number of rotatable bonds is 5. The molecule has 3 N–H and O–H groups in total. The number of carbonyl (C=O) groups is 2. The lowest BCUT2D eigenvalue weighted by atomic mass is 10.1. The molecule has 1 heterocycles. The van der Waals surface area contributed by atoms with Crippen molar-refractivity contribution in [1.29, 1.82) is 0 Å². The number of benzene rings is 1. The fraction of sp³-hybridized carbons (Fsp3) is 0.333. The third kappa shape index (κ3) is 3.82. The van der Waals surface area contributed by atoms with Gasteiger partial charge in [-0.3, -0.25) is 4.79 Å². The van der Waals surface area contributed by atoms with E-state index in [0.717, 1.165) is 23.3 Å². The maximum Gasteiger partial charge on any atom is 0.328 e. The van der Waals surface area contributed by atoms with Crippen LogP contribution in [0, 0.1) is 0 Å². The number of carboxylic acids is 1. The zero-order chi connectivity index (χ0) is 15.4. The van der Waals surface area contributed by atoms with Crippen LogP contribution in [-0.2, 0) is 16.0 Å². The van der Waals surface area contributed by atoms with E-state index < -0.39 is 24.0 Å². The number of hydrogen-bond donors (Lipinski definition) is 3. The number of aliphatic carboxylic acids is 1. The molecule has 0 spiro atoms. The molecule has 1 amide bonds. The minimum Gasteiger partial charge on any atom is -0.493 e. The molecular weight excluding hydrogens is 274 g/mol. The molecule has 112 valence electrons. The minimum absolute atomic E-state index is 0.569. The highest BCUT2D eigenvalue weighted by Gasteiger charge is 2.23. The Morgan fingerprint density at radius 2 is 2.19 bits per heavy atom. The molecule has 2 unspecified atom stereocenters. The van der Waals surface area contributed by atoms with E-state index in [2.05, 4.69) is 5.32 Å². The molecule has 2 rings (SSSR count). The van der Waals surface area contributed by atoms with Crippen molar-refractivity contribution >= 4 is 18.0 Å². The quantitative estimate of drug-likeness (QED) is 0.690. The predicted molar refractivity (Wildman–Crippen MR) is 75.9 cm³/mol. The average molecular weight is 291 g/mol. The second kappa shape index (κ2) is 6.41. The van der Waals surface area contributed by atoms with E-state index in [-0.39, 0.29) is 0 Å². The standard InChI is InChI=1S/C15H17NO5/c1-9(17)14(15(19)20)16-13(18)5-3-10-2-4-12-11(8-10)6-7-21-12/h2-5,8-9,14,17H,6-7H2,1H3,(H,16,18)(H,19,20)/b5-3+. The fourth-order valence-corrected chi connectivity index (χ4v) is 2.07. The molecule has 6 heteroatoms. The van der Waals surface area contributed by atoms with Gasteiger partial charge in [0.1, 0.15) is 5.75 Å².